The van der Waals surface area contributed by atoms with Gasteiger partial charge in [0.05, 0.1) is 6.04 Å². The van der Waals surface area contributed by atoms with Crippen molar-refractivity contribution in [3.63, 3.8) is 0 Å². The fourth-order valence-electron chi connectivity index (χ4n) is 3.57. The van der Waals surface area contributed by atoms with Crippen LogP contribution in [-0.2, 0) is 4.79 Å². The Hall–Kier alpha value is -3.47. The highest BCUT2D eigenvalue weighted by Gasteiger charge is 2.33. The lowest BCUT2D eigenvalue weighted by molar-refractivity contribution is -0.117. The summed E-state index contributed by atoms with van der Waals surface area (Å²) in [6.45, 7) is 1.88. The van der Waals surface area contributed by atoms with Crippen LogP contribution in [0.4, 0.5) is 10.1 Å². The molecule has 0 unspecified atom stereocenters. The van der Waals surface area contributed by atoms with E-state index in [0.29, 0.717) is 11.3 Å². The normalized spacial score (nSPS) is 16.1. The van der Waals surface area contributed by atoms with Gasteiger partial charge in [-0.2, -0.15) is 0 Å². The maximum absolute atomic E-state index is 13.3. The number of aryl methyl sites for hydroxylation is 1. The molecular formula is C23H19FN2O2. The molecule has 0 bridgehead atoms. The predicted octanol–water partition coefficient (Wildman–Crippen LogP) is 4.32. The number of benzene rings is 3. The van der Waals surface area contributed by atoms with Crippen LogP contribution >= 0.6 is 0 Å². The molecule has 0 saturated heterocycles. The Balaban J connectivity index is 1.88. The van der Waals surface area contributed by atoms with E-state index in [1.807, 2.05) is 55.5 Å². The number of anilines is 1. The number of halogens is 1. The lowest BCUT2D eigenvalue weighted by atomic mass is 9.94. The molecule has 3 aromatic carbocycles. The summed E-state index contributed by atoms with van der Waals surface area (Å²) in [5.74, 6) is -0.997. The monoisotopic (exact) mass is 374 g/mol. The van der Waals surface area contributed by atoms with Gasteiger partial charge in [-0.05, 0) is 42.8 Å². The summed E-state index contributed by atoms with van der Waals surface area (Å²) in [5.41, 5.74) is 3.82. The van der Waals surface area contributed by atoms with Gasteiger partial charge in [-0.15, -0.1) is 0 Å². The van der Waals surface area contributed by atoms with Crippen LogP contribution in [0.3, 0.4) is 0 Å². The van der Waals surface area contributed by atoms with Gasteiger partial charge >= 0.3 is 0 Å². The molecule has 0 saturated carbocycles. The Bertz CT molecular complexity index is 1030. The second-order valence-corrected chi connectivity index (χ2v) is 6.89. The minimum atomic E-state index is -0.437. The largest absolute Gasteiger partial charge is 0.324 e. The summed E-state index contributed by atoms with van der Waals surface area (Å²) in [6.07, 6.45) is 0. The predicted molar refractivity (Wildman–Crippen MR) is 106 cm³/mol. The Morgan fingerprint density at radius 3 is 2.46 bits per heavy atom. The summed E-state index contributed by atoms with van der Waals surface area (Å²) in [4.78, 5) is 27.4. The van der Waals surface area contributed by atoms with Crippen molar-refractivity contribution < 1.29 is 14.0 Å². The van der Waals surface area contributed by atoms with Crippen LogP contribution < -0.4 is 5.32 Å². The van der Waals surface area contributed by atoms with Crippen molar-refractivity contribution in [3.05, 3.63) is 101 Å². The summed E-state index contributed by atoms with van der Waals surface area (Å²) >= 11 is 0. The molecular weight excluding hydrogens is 355 g/mol. The zero-order valence-electron chi connectivity index (χ0n) is 15.4. The number of amides is 2. The number of hydrogen-bond donors (Lipinski definition) is 1. The molecule has 0 radical (unpaired) electrons. The van der Waals surface area contributed by atoms with E-state index in [2.05, 4.69) is 5.32 Å². The minimum Gasteiger partial charge on any atom is -0.324 e. The van der Waals surface area contributed by atoms with Gasteiger partial charge < -0.3 is 10.2 Å². The summed E-state index contributed by atoms with van der Waals surface area (Å²) in [6, 6.07) is 20.3. The summed E-state index contributed by atoms with van der Waals surface area (Å²) in [5, 5.41) is 2.90. The molecule has 0 spiro atoms. The lowest BCUT2D eigenvalue weighted by Crippen LogP contribution is -2.39. The fraction of sp³-hybridized carbons (Fsp3) is 0.130. The Labute approximate surface area is 162 Å². The second-order valence-electron chi connectivity index (χ2n) is 6.89. The van der Waals surface area contributed by atoms with Crippen LogP contribution in [-0.4, -0.2) is 23.3 Å². The first-order valence-corrected chi connectivity index (χ1v) is 9.05. The van der Waals surface area contributed by atoms with Gasteiger partial charge in [0.2, 0.25) is 5.91 Å². The zero-order valence-corrected chi connectivity index (χ0v) is 15.4. The number of hydrogen-bond acceptors (Lipinski definition) is 2. The van der Waals surface area contributed by atoms with Gasteiger partial charge in [-0.1, -0.05) is 48.0 Å². The summed E-state index contributed by atoms with van der Waals surface area (Å²) < 4.78 is 13.3. The van der Waals surface area contributed by atoms with Gasteiger partial charge in [0.15, 0.2) is 0 Å². The number of carbonyl (C=O) groups excluding carboxylic acids is 2. The maximum Gasteiger partial charge on any atom is 0.255 e. The molecule has 140 valence electrons. The molecule has 0 fully saturated rings. The van der Waals surface area contributed by atoms with Crippen molar-refractivity contribution in [1.82, 2.24) is 4.90 Å². The number of nitrogens with one attached hydrogen (secondary N) is 1. The van der Waals surface area contributed by atoms with E-state index in [1.54, 1.807) is 4.90 Å². The quantitative estimate of drug-likeness (QED) is 0.726. The van der Waals surface area contributed by atoms with E-state index in [0.717, 1.165) is 16.7 Å². The molecule has 28 heavy (non-hydrogen) atoms. The molecule has 4 rings (SSSR count). The molecule has 0 aromatic heterocycles. The topological polar surface area (TPSA) is 49.4 Å². The van der Waals surface area contributed by atoms with Crippen LogP contribution in [0.15, 0.2) is 72.8 Å². The molecule has 0 aliphatic carbocycles. The van der Waals surface area contributed by atoms with E-state index >= 15 is 0 Å². The Morgan fingerprint density at radius 2 is 1.75 bits per heavy atom. The molecule has 4 nitrogen and oxygen atoms in total. The third kappa shape index (κ3) is 3.39. The fourth-order valence-corrected chi connectivity index (χ4v) is 3.57. The van der Waals surface area contributed by atoms with Gasteiger partial charge in [0, 0.05) is 16.8 Å². The molecule has 1 N–H and O–H groups in total. The Kier molecular flexibility index (Phi) is 4.65. The molecule has 1 aliphatic rings. The van der Waals surface area contributed by atoms with E-state index < -0.39 is 11.9 Å². The van der Waals surface area contributed by atoms with E-state index in [-0.39, 0.29) is 18.4 Å². The Morgan fingerprint density at radius 1 is 1.04 bits per heavy atom. The molecule has 1 heterocycles. The number of fused-ring (bicyclic) bond motifs is 1. The van der Waals surface area contributed by atoms with Gasteiger partial charge in [0.25, 0.3) is 5.91 Å². The smallest absolute Gasteiger partial charge is 0.255 e. The number of rotatable bonds is 2. The average molecular weight is 374 g/mol. The molecule has 1 atom stereocenters. The minimum absolute atomic E-state index is 0.0938. The second kappa shape index (κ2) is 7.27. The number of nitrogens with zero attached hydrogens (tertiary/aromatic N) is 1. The van der Waals surface area contributed by atoms with E-state index in [9.17, 15) is 14.0 Å². The standard InChI is InChI=1S/C23H19FN2O2/c1-15-7-12-20-19(13-15)22(16-5-3-2-4-6-16)26(14-21(27)25-20)23(28)17-8-10-18(24)11-9-17/h2-13,22H,14H2,1H3,(H,25,27)/t22-/m0/s1. The summed E-state index contributed by atoms with van der Waals surface area (Å²) in [7, 11) is 0. The van der Waals surface area contributed by atoms with E-state index in [1.165, 1.54) is 24.3 Å². The van der Waals surface area contributed by atoms with Gasteiger partial charge in [-0.25, -0.2) is 4.39 Å². The highest BCUT2D eigenvalue weighted by Crippen LogP contribution is 2.37. The van der Waals surface area contributed by atoms with Gasteiger partial charge in [0.1, 0.15) is 12.4 Å². The average Bonchev–Trinajstić information content (AvgIpc) is 2.84. The first kappa shape index (κ1) is 17.9. The number of carbonyl (C=O) groups is 2. The van der Waals surface area contributed by atoms with Crippen LogP contribution in [0.1, 0.15) is 33.1 Å². The first-order valence-electron chi connectivity index (χ1n) is 9.05. The van der Waals surface area contributed by atoms with Crippen LogP contribution in [0, 0.1) is 12.7 Å². The van der Waals surface area contributed by atoms with Crippen molar-refractivity contribution >= 4 is 17.5 Å². The third-order valence-corrected chi connectivity index (χ3v) is 4.87. The van der Waals surface area contributed by atoms with Crippen LogP contribution in [0.5, 0.6) is 0 Å². The van der Waals surface area contributed by atoms with Crippen molar-refractivity contribution in [2.75, 3.05) is 11.9 Å². The van der Waals surface area contributed by atoms with Crippen LogP contribution in [0.2, 0.25) is 0 Å². The van der Waals surface area contributed by atoms with Crippen molar-refractivity contribution in [3.8, 4) is 0 Å². The maximum atomic E-state index is 13.3. The van der Waals surface area contributed by atoms with Crippen LogP contribution in [0.25, 0.3) is 0 Å². The zero-order chi connectivity index (χ0) is 19.7. The lowest BCUT2D eigenvalue weighted by Gasteiger charge is -2.31. The first-order chi connectivity index (χ1) is 13.5. The SMILES string of the molecule is Cc1ccc2c(c1)[C@H](c1ccccc1)N(C(=O)c1ccc(F)cc1)CC(=O)N2. The van der Waals surface area contributed by atoms with Gasteiger partial charge in [-0.3, -0.25) is 9.59 Å². The molecule has 5 heteroatoms. The third-order valence-electron chi connectivity index (χ3n) is 4.87. The van der Waals surface area contributed by atoms with Crippen molar-refractivity contribution in [2.24, 2.45) is 0 Å². The van der Waals surface area contributed by atoms with Crippen molar-refractivity contribution in [2.45, 2.75) is 13.0 Å². The molecule has 3 aromatic rings. The van der Waals surface area contributed by atoms with Crippen molar-refractivity contribution in [1.29, 1.82) is 0 Å². The highest BCUT2D eigenvalue weighted by molar-refractivity contribution is 6.01. The van der Waals surface area contributed by atoms with E-state index in [4.69, 9.17) is 0 Å². The highest BCUT2D eigenvalue weighted by atomic mass is 19.1. The molecule has 2 amide bonds. The molecule has 1 aliphatic heterocycles.